The Hall–Kier alpha value is -4.87. The van der Waals surface area contributed by atoms with Gasteiger partial charge >= 0.3 is 12.6 Å². The Morgan fingerprint density at radius 2 is 1.83 bits per heavy atom. The summed E-state index contributed by atoms with van der Waals surface area (Å²) in [5.74, 6) is 0.0142. The van der Waals surface area contributed by atoms with Gasteiger partial charge in [0.15, 0.2) is 11.6 Å². The van der Waals surface area contributed by atoms with Crippen molar-refractivity contribution < 1.29 is 32.4 Å². The molecular weight excluding hydrogens is 476 g/mol. The number of hydrogen-bond donors (Lipinski definition) is 4. The molecule has 0 aliphatic rings. The summed E-state index contributed by atoms with van der Waals surface area (Å²) in [4.78, 5) is 25.1. The van der Waals surface area contributed by atoms with Gasteiger partial charge in [-0.1, -0.05) is 17.3 Å². The predicted molar refractivity (Wildman–Crippen MR) is 128 cm³/mol. The monoisotopic (exact) mass is 497 g/mol. The van der Waals surface area contributed by atoms with Crippen molar-refractivity contribution in [1.82, 2.24) is 10.5 Å². The zero-order valence-electron chi connectivity index (χ0n) is 18.9. The predicted octanol–water partition coefficient (Wildman–Crippen LogP) is 4.59. The third-order valence-electron chi connectivity index (χ3n) is 5.05. The molecule has 0 radical (unpaired) electrons. The topological polar surface area (TPSA) is 141 Å². The molecule has 0 aliphatic carbocycles. The van der Waals surface area contributed by atoms with Crippen LogP contribution in [0.5, 0.6) is 11.5 Å². The second-order valence-corrected chi connectivity index (χ2v) is 7.45. The Balaban J connectivity index is 1.37. The fourth-order valence-corrected chi connectivity index (χ4v) is 3.43. The molecule has 0 saturated carbocycles. The first-order valence-electron chi connectivity index (χ1n) is 10.6. The molecule has 1 heterocycles. The summed E-state index contributed by atoms with van der Waals surface area (Å²) < 4.78 is 39.1. The average Bonchev–Trinajstić information content (AvgIpc) is 3.25. The summed E-state index contributed by atoms with van der Waals surface area (Å²) in [5, 5.41) is 12.1. The SMILES string of the molecule is COc1ccc(C(=O)Nc2cccc(CNC(=O)Nc3ccc(OC(F)F)cc3)c2)c2c(N)noc12. The van der Waals surface area contributed by atoms with Crippen molar-refractivity contribution in [3.63, 3.8) is 0 Å². The fraction of sp³-hybridized carbons (Fsp3) is 0.125. The second kappa shape index (κ2) is 10.6. The molecule has 0 bridgehead atoms. The van der Waals surface area contributed by atoms with Gasteiger partial charge in [-0.15, -0.1) is 0 Å². The van der Waals surface area contributed by atoms with E-state index in [9.17, 15) is 18.4 Å². The summed E-state index contributed by atoms with van der Waals surface area (Å²) in [6, 6.07) is 15.0. The molecule has 4 rings (SSSR count). The van der Waals surface area contributed by atoms with Crippen molar-refractivity contribution in [3.8, 4) is 11.5 Å². The highest BCUT2D eigenvalue weighted by Gasteiger charge is 2.20. The molecule has 3 amide bonds. The number of rotatable bonds is 8. The van der Waals surface area contributed by atoms with Gasteiger partial charge in [0, 0.05) is 17.9 Å². The summed E-state index contributed by atoms with van der Waals surface area (Å²) in [6.07, 6.45) is 0. The van der Waals surface area contributed by atoms with Crippen LogP contribution in [-0.4, -0.2) is 30.8 Å². The van der Waals surface area contributed by atoms with Crippen LogP contribution in [0.4, 0.5) is 30.8 Å². The van der Waals surface area contributed by atoms with Crippen molar-refractivity contribution in [2.75, 3.05) is 23.5 Å². The number of carbonyl (C=O) groups excluding carboxylic acids is 2. The lowest BCUT2D eigenvalue weighted by Crippen LogP contribution is -2.28. The van der Waals surface area contributed by atoms with Gasteiger partial charge < -0.3 is 35.7 Å². The Kier molecular flexibility index (Phi) is 7.14. The average molecular weight is 497 g/mol. The normalized spacial score (nSPS) is 10.8. The van der Waals surface area contributed by atoms with E-state index in [2.05, 4.69) is 25.8 Å². The van der Waals surface area contributed by atoms with Crippen LogP contribution in [0.25, 0.3) is 11.0 Å². The summed E-state index contributed by atoms with van der Waals surface area (Å²) in [6.45, 7) is -2.77. The number of benzene rings is 3. The number of methoxy groups -OCH3 is 1. The Labute approximate surface area is 203 Å². The van der Waals surface area contributed by atoms with E-state index >= 15 is 0 Å². The highest BCUT2D eigenvalue weighted by atomic mass is 19.3. The van der Waals surface area contributed by atoms with Crippen molar-refractivity contribution in [2.45, 2.75) is 13.2 Å². The molecule has 10 nitrogen and oxygen atoms in total. The summed E-state index contributed by atoms with van der Waals surface area (Å²) >= 11 is 0. The number of nitrogen functional groups attached to an aromatic ring is 1. The van der Waals surface area contributed by atoms with Crippen LogP contribution >= 0.6 is 0 Å². The van der Waals surface area contributed by atoms with Crippen LogP contribution in [0, 0.1) is 0 Å². The zero-order chi connectivity index (χ0) is 25.7. The maximum Gasteiger partial charge on any atom is 0.387 e. The minimum atomic E-state index is -2.93. The van der Waals surface area contributed by atoms with Crippen LogP contribution in [0.1, 0.15) is 15.9 Å². The minimum absolute atomic E-state index is 0.0167. The van der Waals surface area contributed by atoms with Crippen LogP contribution in [0.15, 0.2) is 65.2 Å². The van der Waals surface area contributed by atoms with Crippen molar-refractivity contribution >= 4 is 40.1 Å². The number of ether oxygens (including phenoxy) is 2. The number of nitrogens with zero attached hydrogens (tertiary/aromatic N) is 1. The van der Waals surface area contributed by atoms with Gasteiger partial charge in [0.1, 0.15) is 5.75 Å². The largest absolute Gasteiger partial charge is 0.493 e. The van der Waals surface area contributed by atoms with Crippen LogP contribution in [0.3, 0.4) is 0 Å². The molecule has 0 unspecified atom stereocenters. The van der Waals surface area contributed by atoms with E-state index in [0.29, 0.717) is 28.1 Å². The van der Waals surface area contributed by atoms with E-state index in [0.717, 1.165) is 0 Å². The number of alkyl halides is 2. The van der Waals surface area contributed by atoms with E-state index in [4.69, 9.17) is 15.0 Å². The molecule has 0 spiro atoms. The highest BCUT2D eigenvalue weighted by molar-refractivity contribution is 6.15. The Morgan fingerprint density at radius 3 is 2.56 bits per heavy atom. The van der Waals surface area contributed by atoms with E-state index in [1.807, 2.05) is 0 Å². The van der Waals surface area contributed by atoms with E-state index < -0.39 is 18.5 Å². The number of anilines is 3. The lowest BCUT2D eigenvalue weighted by Gasteiger charge is -2.11. The number of carbonyl (C=O) groups is 2. The van der Waals surface area contributed by atoms with E-state index in [-0.39, 0.29) is 29.3 Å². The van der Waals surface area contributed by atoms with Crippen LogP contribution < -0.4 is 31.2 Å². The van der Waals surface area contributed by atoms with Crippen molar-refractivity contribution in [3.05, 3.63) is 71.8 Å². The van der Waals surface area contributed by atoms with Gasteiger partial charge in [0.2, 0.25) is 5.58 Å². The lowest BCUT2D eigenvalue weighted by atomic mass is 10.1. The lowest BCUT2D eigenvalue weighted by molar-refractivity contribution is -0.0498. The van der Waals surface area contributed by atoms with Crippen LogP contribution in [0.2, 0.25) is 0 Å². The number of amides is 3. The number of aromatic nitrogens is 1. The molecule has 3 aromatic carbocycles. The number of hydrogen-bond acceptors (Lipinski definition) is 7. The number of nitrogens with one attached hydrogen (secondary N) is 3. The molecule has 12 heteroatoms. The fourth-order valence-electron chi connectivity index (χ4n) is 3.43. The smallest absolute Gasteiger partial charge is 0.387 e. The number of urea groups is 1. The van der Waals surface area contributed by atoms with Gasteiger partial charge in [-0.3, -0.25) is 4.79 Å². The number of halogens is 2. The first kappa shape index (κ1) is 24.3. The molecular formula is C24H21F2N5O5. The Bertz CT molecular complexity index is 1390. The zero-order valence-corrected chi connectivity index (χ0v) is 18.9. The molecule has 0 fully saturated rings. The molecule has 0 saturated heterocycles. The first-order chi connectivity index (χ1) is 17.3. The number of fused-ring (bicyclic) bond motifs is 1. The third-order valence-corrected chi connectivity index (χ3v) is 5.05. The van der Waals surface area contributed by atoms with Gasteiger partial charge in [-0.25, -0.2) is 4.79 Å². The maximum atomic E-state index is 12.9. The highest BCUT2D eigenvalue weighted by Crippen LogP contribution is 2.32. The molecule has 1 aromatic heterocycles. The summed E-state index contributed by atoms with van der Waals surface area (Å²) in [5.41, 5.74) is 8.02. The van der Waals surface area contributed by atoms with Gasteiger partial charge in [-0.2, -0.15) is 8.78 Å². The van der Waals surface area contributed by atoms with E-state index in [1.165, 1.54) is 31.4 Å². The second-order valence-electron chi connectivity index (χ2n) is 7.45. The van der Waals surface area contributed by atoms with Gasteiger partial charge in [0.05, 0.1) is 18.1 Å². The maximum absolute atomic E-state index is 12.9. The molecule has 5 N–H and O–H groups in total. The van der Waals surface area contributed by atoms with Gasteiger partial charge in [-0.05, 0) is 54.1 Å². The molecule has 36 heavy (non-hydrogen) atoms. The van der Waals surface area contributed by atoms with E-state index in [1.54, 1.807) is 36.4 Å². The molecule has 4 aromatic rings. The quantitative estimate of drug-likeness (QED) is 0.279. The van der Waals surface area contributed by atoms with Gasteiger partial charge in [0.25, 0.3) is 5.91 Å². The Morgan fingerprint density at radius 1 is 1.06 bits per heavy atom. The third kappa shape index (κ3) is 5.60. The summed E-state index contributed by atoms with van der Waals surface area (Å²) in [7, 11) is 1.47. The first-order valence-corrected chi connectivity index (χ1v) is 10.6. The van der Waals surface area contributed by atoms with Crippen LogP contribution in [-0.2, 0) is 6.54 Å². The van der Waals surface area contributed by atoms with Crippen molar-refractivity contribution in [1.29, 1.82) is 0 Å². The molecule has 0 atom stereocenters. The molecule has 186 valence electrons. The molecule has 0 aliphatic heterocycles. The standard InChI is InChI=1S/C24H21F2N5O5/c1-34-18-10-9-17(19-20(18)36-31-21(19)27)22(32)29-15-4-2-3-13(11-15)12-28-24(33)30-14-5-7-16(8-6-14)35-23(25)26/h2-11,23H,12H2,1H3,(H2,27,31)(H,29,32)(H2,28,30,33). The van der Waals surface area contributed by atoms with Crippen molar-refractivity contribution in [2.24, 2.45) is 0 Å². The number of nitrogens with two attached hydrogens (primary N) is 1. The minimum Gasteiger partial charge on any atom is -0.493 e.